The van der Waals surface area contributed by atoms with E-state index in [2.05, 4.69) is 23.7 Å². The molecule has 5 heteroatoms. The lowest BCUT2D eigenvalue weighted by Crippen LogP contribution is -2.39. The van der Waals surface area contributed by atoms with Crippen LogP contribution in [0.1, 0.15) is 29.8 Å². The summed E-state index contributed by atoms with van der Waals surface area (Å²) in [6.07, 6.45) is 1.61. The van der Waals surface area contributed by atoms with Crippen LogP contribution in [0.2, 0.25) is 0 Å². The van der Waals surface area contributed by atoms with Gasteiger partial charge in [0.05, 0.1) is 6.04 Å². The number of halogens is 1. The fourth-order valence-electron chi connectivity index (χ4n) is 2.23. The van der Waals surface area contributed by atoms with E-state index in [-0.39, 0.29) is 24.4 Å². The Kier molecular flexibility index (Phi) is 5.43. The lowest BCUT2D eigenvalue weighted by atomic mass is 10.0. The summed E-state index contributed by atoms with van der Waals surface area (Å²) < 4.78 is 0. The van der Waals surface area contributed by atoms with Crippen molar-refractivity contribution in [3.05, 3.63) is 21.9 Å². The highest BCUT2D eigenvalue weighted by Gasteiger charge is 2.27. The van der Waals surface area contributed by atoms with E-state index in [9.17, 15) is 4.79 Å². The SMILES string of the molecule is CNCCC(=O)N1CCc2sccc2C1C.Cl. The second-order valence-corrected chi connectivity index (χ2v) is 5.17. The van der Waals surface area contributed by atoms with Gasteiger partial charge < -0.3 is 10.2 Å². The zero-order valence-corrected chi connectivity index (χ0v) is 11.9. The fraction of sp³-hybridized carbons (Fsp3) is 0.583. The van der Waals surface area contributed by atoms with Crippen LogP contribution in [0.15, 0.2) is 11.4 Å². The zero-order chi connectivity index (χ0) is 11.5. The van der Waals surface area contributed by atoms with Crippen molar-refractivity contribution in [1.29, 1.82) is 0 Å². The summed E-state index contributed by atoms with van der Waals surface area (Å²) in [5.74, 6) is 0.263. The van der Waals surface area contributed by atoms with Crippen LogP contribution in [0.25, 0.3) is 0 Å². The van der Waals surface area contributed by atoms with Gasteiger partial charge in [0.15, 0.2) is 0 Å². The molecule has 1 N–H and O–H groups in total. The van der Waals surface area contributed by atoms with Crippen molar-refractivity contribution in [2.24, 2.45) is 0 Å². The largest absolute Gasteiger partial charge is 0.335 e. The second kappa shape index (κ2) is 6.38. The number of hydrogen-bond acceptors (Lipinski definition) is 3. The van der Waals surface area contributed by atoms with Gasteiger partial charge in [-0.2, -0.15) is 0 Å². The highest BCUT2D eigenvalue weighted by Crippen LogP contribution is 2.32. The molecule has 0 spiro atoms. The zero-order valence-electron chi connectivity index (χ0n) is 10.2. The molecule has 0 aliphatic carbocycles. The molecule has 0 fully saturated rings. The average molecular weight is 275 g/mol. The van der Waals surface area contributed by atoms with E-state index >= 15 is 0 Å². The molecule has 1 aromatic rings. The van der Waals surface area contributed by atoms with Gasteiger partial charge in [-0.05, 0) is 37.4 Å². The Hall–Kier alpha value is -0.580. The van der Waals surface area contributed by atoms with E-state index in [0.717, 1.165) is 19.5 Å². The van der Waals surface area contributed by atoms with Gasteiger partial charge in [-0.1, -0.05) is 0 Å². The van der Waals surface area contributed by atoms with Gasteiger partial charge in [0.2, 0.25) is 5.91 Å². The summed E-state index contributed by atoms with van der Waals surface area (Å²) in [7, 11) is 1.88. The monoisotopic (exact) mass is 274 g/mol. The molecule has 1 aliphatic heterocycles. The first-order chi connectivity index (χ1) is 7.74. The minimum atomic E-state index is 0. The Balaban J connectivity index is 0.00000144. The lowest BCUT2D eigenvalue weighted by Gasteiger charge is -2.33. The van der Waals surface area contributed by atoms with Crippen molar-refractivity contribution in [2.75, 3.05) is 20.1 Å². The molecule has 1 amide bonds. The predicted octanol–water partition coefficient (Wildman–Crippen LogP) is 2.23. The standard InChI is InChI=1S/C12H18N2OS.ClH/c1-9-10-5-8-16-11(10)4-7-14(9)12(15)3-6-13-2;/h5,8-9,13H,3-4,6-7H2,1-2H3;1H. The van der Waals surface area contributed by atoms with Gasteiger partial charge in [0, 0.05) is 24.4 Å². The van der Waals surface area contributed by atoms with Crippen LogP contribution in [-0.2, 0) is 11.2 Å². The van der Waals surface area contributed by atoms with Crippen molar-refractivity contribution >= 4 is 29.7 Å². The quantitative estimate of drug-likeness (QED) is 0.917. The van der Waals surface area contributed by atoms with Crippen molar-refractivity contribution in [2.45, 2.75) is 25.8 Å². The van der Waals surface area contributed by atoms with Gasteiger partial charge in [-0.25, -0.2) is 0 Å². The molecule has 1 aromatic heterocycles. The topological polar surface area (TPSA) is 32.3 Å². The molecule has 2 heterocycles. The number of hydrogen-bond donors (Lipinski definition) is 1. The van der Waals surface area contributed by atoms with Crippen molar-refractivity contribution in [3.8, 4) is 0 Å². The van der Waals surface area contributed by atoms with Crippen molar-refractivity contribution in [3.63, 3.8) is 0 Å². The summed E-state index contributed by atoms with van der Waals surface area (Å²) in [5, 5.41) is 5.15. The van der Waals surface area contributed by atoms with Crippen LogP contribution in [-0.4, -0.2) is 30.9 Å². The summed E-state index contributed by atoms with van der Waals surface area (Å²) >= 11 is 1.81. The third-order valence-electron chi connectivity index (χ3n) is 3.19. The second-order valence-electron chi connectivity index (χ2n) is 4.17. The highest BCUT2D eigenvalue weighted by atomic mass is 35.5. The first-order valence-corrected chi connectivity index (χ1v) is 6.62. The van der Waals surface area contributed by atoms with Gasteiger partial charge >= 0.3 is 0 Å². The number of thiophene rings is 1. The minimum Gasteiger partial charge on any atom is -0.335 e. The molecule has 0 aromatic carbocycles. The van der Waals surface area contributed by atoms with E-state index < -0.39 is 0 Å². The first-order valence-electron chi connectivity index (χ1n) is 5.74. The molecular formula is C12H19ClN2OS. The van der Waals surface area contributed by atoms with Crippen LogP contribution in [0.5, 0.6) is 0 Å². The smallest absolute Gasteiger partial charge is 0.224 e. The average Bonchev–Trinajstić information content (AvgIpc) is 2.75. The normalized spacial score (nSPS) is 18.5. The Bertz CT molecular complexity index is 380. The molecule has 17 heavy (non-hydrogen) atoms. The third kappa shape index (κ3) is 3.00. The van der Waals surface area contributed by atoms with Crippen LogP contribution in [0.4, 0.5) is 0 Å². The van der Waals surface area contributed by atoms with E-state index in [1.54, 1.807) is 0 Å². The number of nitrogens with zero attached hydrogens (tertiary/aromatic N) is 1. The molecule has 96 valence electrons. The third-order valence-corrected chi connectivity index (χ3v) is 4.18. The number of fused-ring (bicyclic) bond motifs is 1. The van der Waals surface area contributed by atoms with Gasteiger partial charge in [0.25, 0.3) is 0 Å². The first kappa shape index (κ1) is 14.5. The maximum atomic E-state index is 12.0. The van der Waals surface area contributed by atoms with E-state index in [1.165, 1.54) is 10.4 Å². The number of carbonyl (C=O) groups is 1. The number of carbonyl (C=O) groups excluding carboxylic acids is 1. The molecule has 3 nitrogen and oxygen atoms in total. The van der Waals surface area contributed by atoms with Gasteiger partial charge in [-0.3, -0.25) is 4.79 Å². The van der Waals surface area contributed by atoms with Gasteiger partial charge in [0.1, 0.15) is 0 Å². The molecule has 1 atom stereocenters. The summed E-state index contributed by atoms with van der Waals surface area (Å²) in [5.41, 5.74) is 1.34. The Labute approximate surface area is 113 Å². The molecule has 0 saturated carbocycles. The van der Waals surface area contributed by atoms with E-state index in [4.69, 9.17) is 0 Å². The number of rotatable bonds is 3. The molecule has 2 rings (SSSR count). The molecular weight excluding hydrogens is 256 g/mol. The number of amides is 1. The molecule has 0 bridgehead atoms. The van der Waals surface area contributed by atoms with Gasteiger partial charge in [-0.15, -0.1) is 23.7 Å². The molecule has 1 aliphatic rings. The predicted molar refractivity (Wildman–Crippen MR) is 73.9 cm³/mol. The van der Waals surface area contributed by atoms with Crippen LogP contribution < -0.4 is 5.32 Å². The molecule has 0 saturated heterocycles. The van der Waals surface area contributed by atoms with E-state index in [0.29, 0.717) is 6.42 Å². The Morgan fingerprint density at radius 2 is 2.41 bits per heavy atom. The van der Waals surface area contributed by atoms with Crippen LogP contribution >= 0.6 is 23.7 Å². The summed E-state index contributed by atoms with van der Waals surface area (Å²) in [6, 6.07) is 2.40. The van der Waals surface area contributed by atoms with Crippen LogP contribution in [0, 0.1) is 0 Å². The minimum absolute atomic E-state index is 0. The fourth-order valence-corrected chi connectivity index (χ4v) is 3.19. The highest BCUT2D eigenvalue weighted by molar-refractivity contribution is 7.10. The summed E-state index contributed by atoms with van der Waals surface area (Å²) in [6.45, 7) is 3.76. The Morgan fingerprint density at radius 1 is 1.65 bits per heavy atom. The van der Waals surface area contributed by atoms with E-state index in [1.807, 2.05) is 23.3 Å². The molecule has 1 unspecified atom stereocenters. The maximum absolute atomic E-state index is 12.0. The van der Waals surface area contributed by atoms with Crippen molar-refractivity contribution in [1.82, 2.24) is 10.2 Å². The maximum Gasteiger partial charge on any atom is 0.224 e. The Morgan fingerprint density at radius 3 is 3.12 bits per heavy atom. The number of nitrogens with one attached hydrogen (secondary N) is 1. The van der Waals surface area contributed by atoms with Crippen molar-refractivity contribution < 1.29 is 4.79 Å². The summed E-state index contributed by atoms with van der Waals surface area (Å²) in [4.78, 5) is 15.4. The van der Waals surface area contributed by atoms with Crippen LogP contribution in [0.3, 0.4) is 0 Å². The lowest BCUT2D eigenvalue weighted by molar-refractivity contribution is -0.133. The molecule has 0 radical (unpaired) electrons.